The van der Waals surface area contributed by atoms with Gasteiger partial charge in [-0.1, -0.05) is 0 Å². The summed E-state index contributed by atoms with van der Waals surface area (Å²) in [5, 5.41) is 0. The summed E-state index contributed by atoms with van der Waals surface area (Å²) in [6.45, 7) is 0. The fourth-order valence-corrected chi connectivity index (χ4v) is 0.250. The highest BCUT2D eigenvalue weighted by molar-refractivity contribution is 6.25. The van der Waals surface area contributed by atoms with Crippen molar-refractivity contribution >= 4 is 9.17 Å². The standard InChI is InChI=1S/C2H6O3Si/c1-4-6(3)5-2/h1-2H3. The van der Waals surface area contributed by atoms with Gasteiger partial charge in [0, 0.05) is 0 Å². The molecular formula is C2H6O3Si. The van der Waals surface area contributed by atoms with Crippen molar-refractivity contribution in [3.63, 3.8) is 0 Å². The van der Waals surface area contributed by atoms with Crippen LogP contribution >= 0.6 is 0 Å². The average Bonchev–Trinajstić information content (AvgIpc) is 1.65. The summed E-state index contributed by atoms with van der Waals surface area (Å²) >= 11 is 0. The van der Waals surface area contributed by atoms with Gasteiger partial charge in [0.2, 0.25) is 0 Å². The lowest BCUT2D eigenvalue weighted by Gasteiger charge is -1.87. The predicted octanol–water partition coefficient (Wildman–Crippen LogP) is -0.305. The van der Waals surface area contributed by atoms with E-state index in [-0.39, 0.29) is 0 Å². The second-order valence-electron chi connectivity index (χ2n) is 0.658. The highest BCUT2D eigenvalue weighted by Gasteiger charge is 2.00. The van der Waals surface area contributed by atoms with E-state index in [0.717, 1.165) is 0 Å². The molecule has 0 aliphatic rings. The van der Waals surface area contributed by atoms with Gasteiger partial charge in [-0.15, -0.1) is 0 Å². The molecule has 6 heavy (non-hydrogen) atoms. The quantitative estimate of drug-likeness (QED) is 0.453. The Morgan fingerprint density at radius 2 is 1.67 bits per heavy atom. The van der Waals surface area contributed by atoms with Crippen molar-refractivity contribution in [3.05, 3.63) is 0 Å². The largest absolute Gasteiger partial charge is 0.766 e. The summed E-state index contributed by atoms with van der Waals surface area (Å²) in [7, 11) is 0.558. The minimum atomic E-state index is -2.12. The zero-order chi connectivity index (χ0) is 4.99. The van der Waals surface area contributed by atoms with Crippen LogP contribution in [0.3, 0.4) is 0 Å². The smallest absolute Gasteiger partial charge is 0.499 e. The van der Waals surface area contributed by atoms with Crippen LogP contribution in [0.1, 0.15) is 0 Å². The fraction of sp³-hybridized carbons (Fsp3) is 1.00. The van der Waals surface area contributed by atoms with Crippen molar-refractivity contribution in [1.82, 2.24) is 0 Å². The van der Waals surface area contributed by atoms with Crippen LogP contribution < -0.4 is 0 Å². The first-order valence-corrected chi connectivity index (χ1v) is 2.65. The van der Waals surface area contributed by atoms with Crippen LogP contribution in [0.5, 0.6) is 0 Å². The molecule has 0 aliphatic carbocycles. The fourth-order valence-electron chi connectivity index (χ4n) is 0.0833. The molecule has 0 fully saturated rings. The van der Waals surface area contributed by atoms with Crippen LogP contribution in [-0.2, 0) is 13.3 Å². The molecule has 4 heteroatoms. The minimum absolute atomic E-state index is 1.34. The first-order valence-electron chi connectivity index (χ1n) is 1.43. The number of rotatable bonds is 2. The average molecular weight is 106 g/mol. The van der Waals surface area contributed by atoms with Gasteiger partial charge < -0.3 is 8.85 Å². The summed E-state index contributed by atoms with van der Waals surface area (Å²) in [5.74, 6) is 0. The van der Waals surface area contributed by atoms with Gasteiger partial charge in [-0.3, -0.25) is 4.46 Å². The van der Waals surface area contributed by atoms with Gasteiger partial charge in [0.1, 0.15) is 0 Å². The van der Waals surface area contributed by atoms with E-state index < -0.39 is 9.17 Å². The third kappa shape index (κ3) is 1.89. The van der Waals surface area contributed by atoms with E-state index in [0.29, 0.717) is 0 Å². The molecule has 0 bridgehead atoms. The van der Waals surface area contributed by atoms with E-state index in [1.807, 2.05) is 0 Å². The molecule has 0 unspecified atom stereocenters. The SMILES string of the molecule is CO[Si](=O)OC. The van der Waals surface area contributed by atoms with Crippen molar-refractivity contribution in [2.45, 2.75) is 0 Å². The van der Waals surface area contributed by atoms with E-state index in [9.17, 15) is 4.46 Å². The maximum absolute atomic E-state index is 9.92. The van der Waals surface area contributed by atoms with Gasteiger partial charge in [0.25, 0.3) is 0 Å². The second kappa shape index (κ2) is 2.83. The van der Waals surface area contributed by atoms with Crippen molar-refractivity contribution < 1.29 is 13.3 Å². The molecular weight excluding hydrogens is 100 g/mol. The van der Waals surface area contributed by atoms with Crippen LogP contribution in [0.25, 0.3) is 0 Å². The lowest BCUT2D eigenvalue weighted by molar-refractivity contribution is 0.236. The molecule has 0 heterocycles. The summed E-state index contributed by atoms with van der Waals surface area (Å²) in [5.41, 5.74) is 0. The Balaban J connectivity index is 2.99. The van der Waals surface area contributed by atoms with Gasteiger partial charge in [-0.05, 0) is 0 Å². The number of hydrogen-bond acceptors (Lipinski definition) is 3. The first kappa shape index (κ1) is 5.62. The molecule has 0 aliphatic heterocycles. The molecule has 0 radical (unpaired) electrons. The van der Waals surface area contributed by atoms with Crippen molar-refractivity contribution in [1.29, 1.82) is 0 Å². The van der Waals surface area contributed by atoms with Crippen LogP contribution in [0.4, 0.5) is 0 Å². The monoisotopic (exact) mass is 106 g/mol. The first-order chi connectivity index (χ1) is 2.81. The molecule has 0 N–H and O–H groups in total. The summed E-state index contributed by atoms with van der Waals surface area (Å²) in [4.78, 5) is 0. The molecule has 0 aromatic carbocycles. The Bertz CT molecular complexity index is 46.8. The Morgan fingerprint density at radius 1 is 1.33 bits per heavy atom. The van der Waals surface area contributed by atoms with Gasteiger partial charge >= 0.3 is 9.17 Å². The molecule has 0 aromatic heterocycles. The maximum atomic E-state index is 9.92. The molecule has 0 saturated carbocycles. The highest BCUT2D eigenvalue weighted by atomic mass is 28.3. The molecule has 36 valence electrons. The molecule has 0 aromatic rings. The maximum Gasteiger partial charge on any atom is 0.766 e. The molecule has 0 rings (SSSR count). The highest BCUT2D eigenvalue weighted by Crippen LogP contribution is 1.64. The normalized spacial score (nSPS) is 7.00. The molecule has 0 saturated heterocycles. The van der Waals surface area contributed by atoms with Crippen LogP contribution in [-0.4, -0.2) is 23.4 Å². The van der Waals surface area contributed by atoms with E-state index in [2.05, 4.69) is 8.85 Å². The van der Waals surface area contributed by atoms with E-state index in [4.69, 9.17) is 0 Å². The van der Waals surface area contributed by atoms with Gasteiger partial charge in [0.15, 0.2) is 0 Å². The third-order valence-electron chi connectivity index (χ3n) is 0.333. The van der Waals surface area contributed by atoms with Crippen molar-refractivity contribution in [2.75, 3.05) is 14.2 Å². The van der Waals surface area contributed by atoms with Crippen LogP contribution in [0.2, 0.25) is 0 Å². The summed E-state index contributed by atoms with van der Waals surface area (Å²) < 4.78 is 18.4. The van der Waals surface area contributed by atoms with Gasteiger partial charge in [-0.25, -0.2) is 0 Å². The Hall–Kier alpha value is -0.383. The van der Waals surface area contributed by atoms with Crippen molar-refractivity contribution in [2.24, 2.45) is 0 Å². The molecule has 0 spiro atoms. The topological polar surface area (TPSA) is 35.5 Å². The Labute approximate surface area is 37.8 Å². The van der Waals surface area contributed by atoms with E-state index in [1.54, 1.807) is 0 Å². The van der Waals surface area contributed by atoms with Gasteiger partial charge in [-0.2, -0.15) is 0 Å². The molecule has 0 atom stereocenters. The lowest BCUT2D eigenvalue weighted by atomic mass is 11.8. The van der Waals surface area contributed by atoms with Crippen LogP contribution in [0, 0.1) is 0 Å². The summed E-state index contributed by atoms with van der Waals surface area (Å²) in [6, 6.07) is 0. The van der Waals surface area contributed by atoms with Gasteiger partial charge in [0.05, 0.1) is 14.2 Å². The Morgan fingerprint density at radius 3 is 1.67 bits per heavy atom. The summed E-state index contributed by atoms with van der Waals surface area (Å²) in [6.07, 6.45) is 0. The Kier molecular flexibility index (Phi) is 2.65. The van der Waals surface area contributed by atoms with Crippen molar-refractivity contribution in [3.8, 4) is 0 Å². The number of hydrogen-bond donors (Lipinski definition) is 0. The lowest BCUT2D eigenvalue weighted by Crippen LogP contribution is -2.04. The second-order valence-corrected chi connectivity index (χ2v) is 1.97. The zero-order valence-corrected chi connectivity index (χ0v) is 4.72. The van der Waals surface area contributed by atoms with Crippen LogP contribution in [0.15, 0.2) is 0 Å². The zero-order valence-electron chi connectivity index (χ0n) is 3.72. The third-order valence-corrected chi connectivity index (χ3v) is 1.00. The minimum Gasteiger partial charge on any atom is -0.499 e. The predicted molar refractivity (Wildman–Crippen MR) is 20.5 cm³/mol. The van der Waals surface area contributed by atoms with E-state index >= 15 is 0 Å². The molecule has 3 nitrogen and oxygen atoms in total. The van der Waals surface area contributed by atoms with E-state index in [1.165, 1.54) is 14.2 Å². The molecule has 0 amide bonds.